The Hall–Kier alpha value is -2.70. The molecule has 2 aromatic rings. The molecular weight excluding hydrogens is 388 g/mol. The largest absolute Gasteiger partial charge is 0.327 e. The average molecular weight is 423 g/mol. The number of hydrogen-bond donors (Lipinski definition) is 3. The Labute approximate surface area is 184 Å². The number of fused-ring (bicyclic) bond motifs is 1. The summed E-state index contributed by atoms with van der Waals surface area (Å²) < 4.78 is 0. The third-order valence-corrected chi connectivity index (χ3v) is 6.69. The maximum Gasteiger partial charge on any atom is 0.279 e. The Kier molecular flexibility index (Phi) is 6.68. The fourth-order valence-electron chi connectivity index (χ4n) is 4.79. The predicted octanol–water partition coefficient (Wildman–Crippen LogP) is -0.390. The number of aryl methyl sites for hydroxylation is 2. The molecule has 2 aliphatic heterocycles. The molecule has 0 radical (unpaired) electrons. The van der Waals surface area contributed by atoms with Crippen LogP contribution in [0.3, 0.4) is 0 Å². The number of nitrogens with one attached hydrogen (secondary N) is 3. The highest BCUT2D eigenvalue weighted by atomic mass is 16.2. The summed E-state index contributed by atoms with van der Waals surface area (Å²) in [7, 11) is 0. The maximum atomic E-state index is 12.8. The zero-order chi connectivity index (χ0) is 21.8. The van der Waals surface area contributed by atoms with E-state index in [2.05, 4.69) is 29.6 Å². The van der Waals surface area contributed by atoms with Gasteiger partial charge in [0.15, 0.2) is 13.1 Å². The van der Waals surface area contributed by atoms with Crippen LogP contribution in [0.5, 0.6) is 0 Å². The zero-order valence-corrected chi connectivity index (χ0v) is 18.7. The molecule has 1 saturated heterocycles. The summed E-state index contributed by atoms with van der Waals surface area (Å²) in [6.45, 7) is 10.1. The molecule has 2 aliphatic rings. The first-order chi connectivity index (χ1) is 15.0. The summed E-state index contributed by atoms with van der Waals surface area (Å²) in [4.78, 5) is 30.0. The summed E-state index contributed by atoms with van der Waals surface area (Å²) in [6.07, 6.45) is 1.05. The monoisotopic (exact) mass is 422 g/mol. The first-order valence-corrected chi connectivity index (χ1v) is 11.4. The fourth-order valence-corrected chi connectivity index (χ4v) is 4.79. The van der Waals surface area contributed by atoms with Gasteiger partial charge < -0.3 is 20.0 Å². The zero-order valence-electron chi connectivity index (χ0n) is 18.7. The van der Waals surface area contributed by atoms with Gasteiger partial charge in [0.1, 0.15) is 6.54 Å². The molecule has 31 heavy (non-hydrogen) atoms. The molecule has 2 amide bonds. The Bertz CT molecular complexity index is 930. The van der Waals surface area contributed by atoms with Crippen molar-refractivity contribution >= 4 is 17.5 Å². The van der Waals surface area contributed by atoms with E-state index in [1.807, 2.05) is 36.9 Å². The molecule has 0 aromatic heterocycles. The van der Waals surface area contributed by atoms with Gasteiger partial charge in [-0.05, 0) is 30.5 Å². The Morgan fingerprint density at radius 1 is 0.871 bits per heavy atom. The molecule has 0 bridgehead atoms. The van der Waals surface area contributed by atoms with Crippen molar-refractivity contribution in [1.82, 2.24) is 4.90 Å². The van der Waals surface area contributed by atoms with E-state index in [0.717, 1.165) is 62.5 Å². The van der Waals surface area contributed by atoms with Crippen molar-refractivity contribution in [3.05, 3.63) is 64.7 Å². The van der Waals surface area contributed by atoms with Crippen LogP contribution < -0.4 is 15.1 Å². The van der Waals surface area contributed by atoms with Gasteiger partial charge in [0.05, 0.1) is 32.7 Å². The SMILES string of the molecule is Cc1cccc(C)c1NC(=O)C[NH+]1CCN(C(=O)C[NH+]2CCc3ccccc3C2)CC1. The third-order valence-electron chi connectivity index (χ3n) is 6.69. The van der Waals surface area contributed by atoms with E-state index in [0.29, 0.717) is 13.1 Å². The van der Waals surface area contributed by atoms with Gasteiger partial charge in [-0.25, -0.2) is 0 Å². The van der Waals surface area contributed by atoms with Crippen LogP contribution in [0.15, 0.2) is 42.5 Å². The van der Waals surface area contributed by atoms with Crippen LogP contribution in [-0.4, -0.2) is 62.5 Å². The standard InChI is InChI=1S/C25H32N4O2/c1-19-6-5-7-20(2)25(19)26-23(30)17-27-12-14-29(15-13-27)24(31)18-28-11-10-21-8-3-4-9-22(21)16-28/h3-9H,10-18H2,1-2H3,(H,26,30)/p+2. The summed E-state index contributed by atoms with van der Waals surface area (Å²) in [5.41, 5.74) is 5.89. The number of carbonyl (C=O) groups excluding carboxylic acids is 2. The fraction of sp³-hybridized carbons (Fsp3) is 0.440. The van der Waals surface area contributed by atoms with Crippen LogP contribution in [0.25, 0.3) is 0 Å². The highest BCUT2D eigenvalue weighted by molar-refractivity contribution is 5.93. The number of piperazine rings is 1. The molecule has 1 unspecified atom stereocenters. The van der Waals surface area contributed by atoms with Gasteiger partial charge in [-0.15, -0.1) is 0 Å². The van der Waals surface area contributed by atoms with E-state index in [1.54, 1.807) is 0 Å². The van der Waals surface area contributed by atoms with Crippen LogP contribution in [0.4, 0.5) is 5.69 Å². The molecule has 1 atom stereocenters. The van der Waals surface area contributed by atoms with E-state index in [1.165, 1.54) is 20.9 Å². The molecule has 0 spiro atoms. The van der Waals surface area contributed by atoms with Gasteiger partial charge in [-0.3, -0.25) is 9.59 Å². The lowest BCUT2D eigenvalue weighted by Crippen LogP contribution is -3.16. The molecule has 2 heterocycles. The molecular formula is C25H34N4O2+2. The Balaban J connectivity index is 1.22. The second kappa shape index (κ2) is 9.62. The van der Waals surface area contributed by atoms with Crippen molar-refractivity contribution < 1.29 is 19.4 Å². The Morgan fingerprint density at radius 2 is 1.55 bits per heavy atom. The topological polar surface area (TPSA) is 58.3 Å². The van der Waals surface area contributed by atoms with E-state index >= 15 is 0 Å². The van der Waals surface area contributed by atoms with Crippen molar-refractivity contribution in [2.45, 2.75) is 26.8 Å². The first-order valence-electron chi connectivity index (χ1n) is 11.4. The number of benzene rings is 2. The molecule has 0 saturated carbocycles. The number of amides is 2. The Morgan fingerprint density at radius 3 is 2.26 bits per heavy atom. The van der Waals surface area contributed by atoms with Crippen molar-refractivity contribution in [1.29, 1.82) is 0 Å². The van der Waals surface area contributed by atoms with E-state index in [4.69, 9.17) is 0 Å². The van der Waals surface area contributed by atoms with Gasteiger partial charge in [-0.2, -0.15) is 0 Å². The normalized spacial score (nSPS) is 19.0. The predicted molar refractivity (Wildman–Crippen MR) is 121 cm³/mol. The number of rotatable bonds is 5. The molecule has 6 heteroatoms. The van der Waals surface area contributed by atoms with Gasteiger partial charge in [-0.1, -0.05) is 42.5 Å². The van der Waals surface area contributed by atoms with Crippen LogP contribution >= 0.6 is 0 Å². The first kappa shape index (κ1) is 21.5. The van der Waals surface area contributed by atoms with Gasteiger partial charge in [0.25, 0.3) is 11.8 Å². The summed E-state index contributed by atoms with van der Waals surface area (Å²) in [5, 5.41) is 3.08. The molecule has 164 valence electrons. The maximum absolute atomic E-state index is 12.8. The molecule has 2 aromatic carbocycles. The number of carbonyl (C=O) groups is 2. The second-order valence-electron chi connectivity index (χ2n) is 8.99. The smallest absolute Gasteiger partial charge is 0.279 e. The number of hydrogen-bond acceptors (Lipinski definition) is 2. The minimum Gasteiger partial charge on any atom is -0.327 e. The molecule has 0 aliphatic carbocycles. The summed E-state index contributed by atoms with van der Waals surface area (Å²) >= 11 is 0. The lowest BCUT2D eigenvalue weighted by Gasteiger charge is -2.33. The molecule has 6 nitrogen and oxygen atoms in total. The number of nitrogens with zero attached hydrogens (tertiary/aromatic N) is 1. The lowest BCUT2D eigenvalue weighted by atomic mass is 10.00. The molecule has 1 fully saturated rings. The molecule has 4 rings (SSSR count). The number of anilines is 1. The number of quaternary nitrogens is 2. The van der Waals surface area contributed by atoms with Gasteiger partial charge in [0, 0.05) is 17.7 Å². The van der Waals surface area contributed by atoms with Crippen LogP contribution in [-0.2, 0) is 22.6 Å². The molecule has 3 N–H and O–H groups in total. The van der Waals surface area contributed by atoms with Crippen molar-refractivity contribution in [2.24, 2.45) is 0 Å². The van der Waals surface area contributed by atoms with Crippen molar-refractivity contribution in [2.75, 3.05) is 51.1 Å². The number of para-hydroxylation sites is 1. The van der Waals surface area contributed by atoms with E-state index in [-0.39, 0.29) is 11.8 Å². The second-order valence-corrected chi connectivity index (χ2v) is 8.99. The average Bonchev–Trinajstić information content (AvgIpc) is 2.77. The summed E-state index contributed by atoms with van der Waals surface area (Å²) in [6, 6.07) is 14.6. The lowest BCUT2D eigenvalue weighted by molar-refractivity contribution is -0.909. The highest BCUT2D eigenvalue weighted by Gasteiger charge is 2.29. The van der Waals surface area contributed by atoms with Crippen LogP contribution in [0.1, 0.15) is 22.3 Å². The van der Waals surface area contributed by atoms with Crippen molar-refractivity contribution in [3.63, 3.8) is 0 Å². The highest BCUT2D eigenvalue weighted by Crippen LogP contribution is 2.18. The van der Waals surface area contributed by atoms with Gasteiger partial charge in [0.2, 0.25) is 0 Å². The van der Waals surface area contributed by atoms with Crippen LogP contribution in [0.2, 0.25) is 0 Å². The summed E-state index contributed by atoms with van der Waals surface area (Å²) in [5.74, 6) is 0.289. The minimum atomic E-state index is 0.0450. The quantitative estimate of drug-likeness (QED) is 0.615. The minimum absolute atomic E-state index is 0.0450. The third kappa shape index (κ3) is 5.32. The van der Waals surface area contributed by atoms with Gasteiger partial charge >= 0.3 is 0 Å². The van der Waals surface area contributed by atoms with E-state index in [9.17, 15) is 9.59 Å². The van der Waals surface area contributed by atoms with Crippen LogP contribution in [0, 0.1) is 13.8 Å². The van der Waals surface area contributed by atoms with Crippen molar-refractivity contribution in [3.8, 4) is 0 Å². The van der Waals surface area contributed by atoms with E-state index < -0.39 is 0 Å².